The van der Waals surface area contributed by atoms with Crippen molar-refractivity contribution in [3.63, 3.8) is 0 Å². The van der Waals surface area contributed by atoms with Crippen molar-refractivity contribution in [3.05, 3.63) is 77.6 Å². The third-order valence-corrected chi connectivity index (χ3v) is 10.9. The van der Waals surface area contributed by atoms with Crippen LogP contribution in [0.25, 0.3) is 0 Å². The highest BCUT2D eigenvalue weighted by Crippen LogP contribution is 2.47. The number of ether oxygens (including phenoxy) is 1. The molecule has 7 nitrogen and oxygen atoms in total. The number of hydrogen-bond donors (Lipinski definition) is 1. The number of nitrogens with zero attached hydrogens (tertiary/aromatic N) is 4. The molecule has 2 aliphatic heterocycles. The first-order valence-electron chi connectivity index (χ1n) is 14.0. The van der Waals surface area contributed by atoms with Crippen molar-refractivity contribution in [3.8, 4) is 0 Å². The van der Waals surface area contributed by atoms with Crippen LogP contribution >= 0.6 is 0 Å². The molecule has 2 aromatic carbocycles. The summed E-state index contributed by atoms with van der Waals surface area (Å²) in [6, 6.07) is 18.0. The Morgan fingerprint density at radius 3 is 2.46 bits per heavy atom. The van der Waals surface area contributed by atoms with Gasteiger partial charge < -0.3 is 18.9 Å². The fourth-order valence-electron chi connectivity index (χ4n) is 6.29. The number of rotatable bonds is 11. The molecule has 1 amide bonds. The van der Waals surface area contributed by atoms with Crippen LogP contribution in [0.4, 0.5) is 9.80 Å². The lowest BCUT2D eigenvalue weighted by Gasteiger charge is -2.30. The maximum Gasteiger partial charge on any atom is 0.246 e. The molecule has 0 aliphatic carbocycles. The quantitative estimate of drug-likeness (QED) is 0.204. The molecule has 5 rings (SSSR count). The summed E-state index contributed by atoms with van der Waals surface area (Å²) >= 11 is 0. The second-order valence-corrected chi connectivity index (χ2v) is 15.3. The molecule has 3 aromatic rings. The maximum absolute atomic E-state index is 15.6. The van der Waals surface area contributed by atoms with Crippen molar-refractivity contribution in [1.29, 1.82) is 0 Å². The highest BCUT2D eigenvalue weighted by molar-refractivity contribution is 6.72. The number of carbonyl (C=O) groups is 1. The van der Waals surface area contributed by atoms with Crippen LogP contribution in [0.5, 0.6) is 0 Å². The summed E-state index contributed by atoms with van der Waals surface area (Å²) in [7, 11) is -2.97. The van der Waals surface area contributed by atoms with Crippen LogP contribution in [-0.2, 0) is 22.5 Å². The van der Waals surface area contributed by atoms with Gasteiger partial charge in [-0.3, -0.25) is 9.48 Å². The molecule has 0 bridgehead atoms. The van der Waals surface area contributed by atoms with E-state index in [9.17, 15) is 9.90 Å². The second-order valence-electron chi connectivity index (χ2n) is 11.5. The molecule has 3 heterocycles. The van der Waals surface area contributed by atoms with E-state index in [0.717, 1.165) is 36.3 Å². The number of aryl methyl sites for hydroxylation is 2. The Bertz CT molecular complexity index is 1250. The Morgan fingerprint density at radius 2 is 1.85 bits per heavy atom. The molecule has 208 valence electrons. The largest absolute Gasteiger partial charge is 0.395 e. The Kier molecular flexibility index (Phi) is 8.30. The molecule has 2 saturated heterocycles. The van der Waals surface area contributed by atoms with Gasteiger partial charge in [0.2, 0.25) is 14.3 Å². The predicted octanol–water partition coefficient (Wildman–Crippen LogP) is 5.11. The van der Waals surface area contributed by atoms with Crippen molar-refractivity contribution < 1.29 is 18.7 Å². The molecule has 2 fully saturated rings. The van der Waals surface area contributed by atoms with Gasteiger partial charge in [-0.05, 0) is 61.5 Å². The number of aromatic nitrogens is 3. The summed E-state index contributed by atoms with van der Waals surface area (Å²) in [5.74, 6) is 0.0952. The zero-order valence-corrected chi connectivity index (χ0v) is 24.0. The number of halogens is 1. The third-order valence-electron chi connectivity index (χ3n) is 8.45. The Balaban J connectivity index is 1.20. The lowest BCUT2D eigenvalue weighted by atomic mass is 9.95. The minimum absolute atomic E-state index is 0.00215. The van der Waals surface area contributed by atoms with E-state index in [1.165, 1.54) is 5.56 Å². The summed E-state index contributed by atoms with van der Waals surface area (Å²) < 4.78 is 23.9. The zero-order chi connectivity index (χ0) is 27.6. The van der Waals surface area contributed by atoms with Crippen molar-refractivity contribution in [2.24, 2.45) is 5.92 Å². The van der Waals surface area contributed by atoms with Crippen LogP contribution in [0.15, 0.2) is 60.8 Å². The fourth-order valence-corrected chi connectivity index (χ4v) is 8.88. The Morgan fingerprint density at radius 1 is 1.10 bits per heavy atom. The fraction of sp³-hybridized carbons (Fsp3) is 0.500. The van der Waals surface area contributed by atoms with Crippen molar-refractivity contribution >= 4 is 20.0 Å². The molecule has 39 heavy (non-hydrogen) atoms. The van der Waals surface area contributed by atoms with E-state index in [1.54, 1.807) is 22.7 Å². The predicted molar refractivity (Wildman–Crippen MR) is 152 cm³/mol. The third kappa shape index (κ3) is 6.15. The summed E-state index contributed by atoms with van der Waals surface area (Å²) in [4.78, 5) is 13.5. The van der Waals surface area contributed by atoms with Crippen LogP contribution in [0, 0.1) is 5.92 Å². The van der Waals surface area contributed by atoms with Gasteiger partial charge in [-0.15, -0.1) is 5.10 Å². The normalized spacial score (nSPS) is 24.1. The van der Waals surface area contributed by atoms with Crippen LogP contribution in [0.1, 0.15) is 48.9 Å². The highest BCUT2D eigenvalue weighted by atomic mass is 28.4. The molecule has 1 aromatic heterocycles. The van der Waals surface area contributed by atoms with Crippen molar-refractivity contribution in [2.45, 2.75) is 75.9 Å². The van der Waals surface area contributed by atoms with Gasteiger partial charge in [0.15, 0.2) is 0 Å². The van der Waals surface area contributed by atoms with E-state index in [1.807, 2.05) is 48.7 Å². The summed E-state index contributed by atoms with van der Waals surface area (Å²) in [6.45, 7) is 7.06. The standard InChI is InChI=1S/C30H39FN4O3Si/c1-21-27(14-11-22-9-12-24(13-10-22)35-18-16-29(35)37)38-28(30(21)39(2,3)31)15-17-34-19-26(32-33-34)25(20-36)23-7-5-4-6-8-23/h4-10,12-13,19,21,25,27-28,30,36H,11,14-18,20H2,1-3H3/t21-,25?,27+,28-,30+/m1/s1. The molecular weight excluding hydrogens is 511 g/mol. The van der Waals surface area contributed by atoms with Crippen LogP contribution in [-0.4, -0.2) is 59.8 Å². The van der Waals surface area contributed by atoms with E-state index in [2.05, 4.69) is 29.4 Å². The average molecular weight is 551 g/mol. The number of hydrogen-bond acceptors (Lipinski definition) is 5. The van der Waals surface area contributed by atoms with E-state index in [-0.39, 0.29) is 42.1 Å². The SMILES string of the molecule is C[C@H]1[C@H]([Si](C)(C)F)[C@@H](CCn2cc(C(CO)c3ccccc3)nn2)O[C@H]1CCc1ccc(N2CCC2=O)cc1. The van der Waals surface area contributed by atoms with Crippen molar-refractivity contribution in [1.82, 2.24) is 15.0 Å². The van der Waals surface area contributed by atoms with E-state index < -0.39 is 8.41 Å². The number of amides is 1. The molecule has 9 heteroatoms. The molecule has 5 atom stereocenters. The number of β-lactam (4-membered cyclic amide) rings is 1. The highest BCUT2D eigenvalue weighted by Gasteiger charge is 2.50. The smallest absolute Gasteiger partial charge is 0.246 e. The van der Waals surface area contributed by atoms with Crippen molar-refractivity contribution in [2.75, 3.05) is 18.1 Å². The molecular formula is C30H39FN4O3Si. The van der Waals surface area contributed by atoms with Crippen LogP contribution in [0.2, 0.25) is 18.6 Å². The molecule has 2 aliphatic rings. The summed E-state index contributed by atoms with van der Waals surface area (Å²) in [5, 5.41) is 18.6. The first-order valence-corrected chi connectivity index (χ1v) is 17.0. The number of benzene rings is 2. The van der Waals surface area contributed by atoms with Gasteiger partial charge in [0.1, 0.15) is 0 Å². The first-order chi connectivity index (χ1) is 18.7. The lowest BCUT2D eigenvalue weighted by molar-refractivity contribution is -0.122. The molecule has 1 unspecified atom stereocenters. The van der Waals surface area contributed by atoms with Gasteiger partial charge in [-0.25, -0.2) is 0 Å². The zero-order valence-electron chi connectivity index (χ0n) is 23.0. The minimum atomic E-state index is -2.97. The topological polar surface area (TPSA) is 80.5 Å². The van der Waals surface area contributed by atoms with Crippen LogP contribution in [0.3, 0.4) is 0 Å². The number of aliphatic hydroxyl groups is 1. The Labute approximate surface area is 231 Å². The van der Waals surface area contributed by atoms with Gasteiger partial charge in [0.25, 0.3) is 0 Å². The average Bonchev–Trinajstić information content (AvgIpc) is 3.51. The van der Waals surface area contributed by atoms with Gasteiger partial charge in [-0.2, -0.15) is 0 Å². The molecule has 0 spiro atoms. The second kappa shape index (κ2) is 11.7. The maximum atomic E-state index is 15.6. The Hall–Kier alpha value is -2.88. The minimum Gasteiger partial charge on any atom is -0.395 e. The van der Waals surface area contributed by atoms with E-state index >= 15 is 4.11 Å². The summed E-state index contributed by atoms with van der Waals surface area (Å²) in [5.41, 5.74) is 3.79. The number of anilines is 1. The van der Waals surface area contributed by atoms with E-state index in [0.29, 0.717) is 19.4 Å². The molecule has 0 radical (unpaired) electrons. The van der Waals surface area contributed by atoms with Gasteiger partial charge in [0, 0.05) is 36.9 Å². The monoisotopic (exact) mass is 550 g/mol. The summed E-state index contributed by atoms with van der Waals surface area (Å²) in [6.07, 6.45) is 4.71. The number of carbonyl (C=O) groups excluding carboxylic acids is 1. The van der Waals surface area contributed by atoms with Gasteiger partial charge >= 0.3 is 0 Å². The van der Waals surface area contributed by atoms with Gasteiger partial charge in [-0.1, -0.05) is 54.6 Å². The lowest BCUT2D eigenvalue weighted by Crippen LogP contribution is -2.43. The van der Waals surface area contributed by atoms with Crippen LogP contribution < -0.4 is 4.90 Å². The number of aliphatic hydroxyl groups excluding tert-OH is 1. The first kappa shape index (κ1) is 27.7. The van der Waals surface area contributed by atoms with Gasteiger partial charge in [0.05, 0.1) is 30.4 Å². The molecule has 1 N–H and O–H groups in total. The van der Waals surface area contributed by atoms with E-state index in [4.69, 9.17) is 4.74 Å². The molecule has 0 saturated carbocycles.